The molecule has 27 heavy (non-hydrogen) atoms. The van der Waals surface area contributed by atoms with Crippen molar-refractivity contribution >= 4 is 40.7 Å². The van der Waals surface area contributed by atoms with Gasteiger partial charge < -0.3 is 14.6 Å². The van der Waals surface area contributed by atoms with Gasteiger partial charge in [0.05, 0.1) is 23.3 Å². The fraction of sp³-hybridized carbons (Fsp3) is 0.222. The summed E-state index contributed by atoms with van der Waals surface area (Å²) < 4.78 is 6.58. The summed E-state index contributed by atoms with van der Waals surface area (Å²) in [6, 6.07) is 8.98. The molecule has 2 heterocycles. The minimum absolute atomic E-state index is 0.179. The van der Waals surface area contributed by atoms with Crippen molar-refractivity contribution in [3.8, 4) is 10.7 Å². The van der Waals surface area contributed by atoms with Crippen LogP contribution < -0.4 is 5.32 Å². The van der Waals surface area contributed by atoms with Crippen molar-refractivity contribution < 1.29 is 14.3 Å². The SMILES string of the molecule is COC(=O)c1ccc(C)c(NC(=O)CSc2nnc(-c3cccs3)n2C)c1. The van der Waals surface area contributed by atoms with Gasteiger partial charge in [-0.15, -0.1) is 21.5 Å². The second kappa shape index (κ2) is 8.36. The first-order valence-corrected chi connectivity index (χ1v) is 9.91. The molecule has 0 saturated carbocycles. The molecule has 0 aliphatic rings. The van der Waals surface area contributed by atoms with Crippen molar-refractivity contribution in [2.75, 3.05) is 18.2 Å². The number of benzene rings is 1. The van der Waals surface area contributed by atoms with Crippen molar-refractivity contribution in [1.82, 2.24) is 14.8 Å². The number of aryl methyl sites for hydroxylation is 1. The Morgan fingerprint density at radius 2 is 2.11 bits per heavy atom. The zero-order chi connectivity index (χ0) is 19.4. The normalized spacial score (nSPS) is 10.6. The van der Waals surface area contributed by atoms with Crippen LogP contribution in [0.5, 0.6) is 0 Å². The van der Waals surface area contributed by atoms with Crippen LogP contribution in [0.4, 0.5) is 5.69 Å². The molecule has 0 aliphatic carbocycles. The monoisotopic (exact) mass is 402 g/mol. The third-order valence-corrected chi connectivity index (χ3v) is 5.73. The zero-order valence-electron chi connectivity index (χ0n) is 15.1. The van der Waals surface area contributed by atoms with Crippen molar-refractivity contribution in [3.05, 3.63) is 46.8 Å². The molecule has 0 fully saturated rings. The van der Waals surface area contributed by atoms with E-state index in [0.29, 0.717) is 16.4 Å². The summed E-state index contributed by atoms with van der Waals surface area (Å²) in [6.45, 7) is 1.86. The number of hydrogen-bond donors (Lipinski definition) is 1. The number of ether oxygens (including phenoxy) is 1. The van der Waals surface area contributed by atoms with Crippen LogP contribution in [0.1, 0.15) is 15.9 Å². The summed E-state index contributed by atoms with van der Waals surface area (Å²) >= 11 is 2.89. The van der Waals surface area contributed by atoms with Crippen LogP contribution in [-0.4, -0.2) is 39.5 Å². The molecule has 0 aliphatic heterocycles. The molecule has 0 spiro atoms. The van der Waals surface area contributed by atoms with E-state index in [2.05, 4.69) is 15.5 Å². The van der Waals surface area contributed by atoms with Gasteiger partial charge in [0.2, 0.25) is 5.91 Å². The van der Waals surface area contributed by atoms with Crippen LogP contribution in [0.15, 0.2) is 40.9 Å². The third kappa shape index (κ3) is 4.37. The molecule has 1 N–H and O–H groups in total. The van der Waals surface area contributed by atoms with E-state index >= 15 is 0 Å². The molecule has 9 heteroatoms. The number of methoxy groups -OCH3 is 1. The standard InChI is InChI=1S/C18H18N4O3S2/c1-11-6-7-12(17(24)25-3)9-13(11)19-15(23)10-27-18-21-20-16(22(18)2)14-5-4-8-26-14/h4-9H,10H2,1-3H3,(H,19,23). The Bertz CT molecular complexity index is 967. The van der Waals surface area contributed by atoms with Gasteiger partial charge in [0, 0.05) is 12.7 Å². The van der Waals surface area contributed by atoms with E-state index in [1.165, 1.54) is 18.9 Å². The lowest BCUT2D eigenvalue weighted by atomic mass is 10.1. The van der Waals surface area contributed by atoms with E-state index in [4.69, 9.17) is 4.74 Å². The van der Waals surface area contributed by atoms with Crippen LogP contribution in [0.2, 0.25) is 0 Å². The predicted molar refractivity (Wildman–Crippen MR) is 106 cm³/mol. The number of amides is 1. The minimum atomic E-state index is -0.444. The Kier molecular flexibility index (Phi) is 5.92. The molecule has 0 radical (unpaired) electrons. The van der Waals surface area contributed by atoms with E-state index in [1.54, 1.807) is 29.5 Å². The van der Waals surface area contributed by atoms with Gasteiger partial charge in [-0.2, -0.15) is 0 Å². The van der Waals surface area contributed by atoms with E-state index in [1.807, 2.05) is 36.1 Å². The summed E-state index contributed by atoms with van der Waals surface area (Å²) in [6.07, 6.45) is 0. The molecule has 0 bridgehead atoms. The van der Waals surface area contributed by atoms with Crippen molar-refractivity contribution in [1.29, 1.82) is 0 Å². The second-order valence-electron chi connectivity index (χ2n) is 5.70. The molecule has 0 saturated heterocycles. The molecule has 3 rings (SSSR count). The van der Waals surface area contributed by atoms with Gasteiger partial charge in [-0.05, 0) is 36.1 Å². The summed E-state index contributed by atoms with van der Waals surface area (Å²) in [5.74, 6) is 0.318. The van der Waals surface area contributed by atoms with Gasteiger partial charge in [0.1, 0.15) is 0 Å². The third-order valence-electron chi connectivity index (χ3n) is 3.84. The number of thioether (sulfide) groups is 1. The van der Waals surface area contributed by atoms with Gasteiger partial charge in [-0.3, -0.25) is 4.79 Å². The van der Waals surface area contributed by atoms with Gasteiger partial charge in [0.25, 0.3) is 0 Å². The van der Waals surface area contributed by atoms with E-state index in [9.17, 15) is 9.59 Å². The first-order valence-electron chi connectivity index (χ1n) is 8.04. The number of anilines is 1. The number of aromatic nitrogens is 3. The molecule has 0 atom stereocenters. The summed E-state index contributed by atoms with van der Waals surface area (Å²) in [5.41, 5.74) is 1.83. The highest BCUT2D eigenvalue weighted by Gasteiger charge is 2.15. The van der Waals surface area contributed by atoms with Crippen LogP contribution in [0, 0.1) is 6.92 Å². The smallest absolute Gasteiger partial charge is 0.337 e. The maximum atomic E-state index is 12.3. The Morgan fingerprint density at radius 1 is 1.30 bits per heavy atom. The average molecular weight is 403 g/mol. The number of hydrogen-bond acceptors (Lipinski definition) is 7. The Hall–Kier alpha value is -2.65. The minimum Gasteiger partial charge on any atom is -0.465 e. The topological polar surface area (TPSA) is 86.1 Å². The average Bonchev–Trinajstić information content (AvgIpc) is 3.31. The van der Waals surface area contributed by atoms with E-state index < -0.39 is 5.97 Å². The largest absolute Gasteiger partial charge is 0.465 e. The van der Waals surface area contributed by atoms with Gasteiger partial charge in [0.15, 0.2) is 11.0 Å². The maximum absolute atomic E-state index is 12.3. The number of thiophene rings is 1. The molecule has 2 aromatic heterocycles. The predicted octanol–water partition coefficient (Wildman–Crippen LogP) is 3.37. The highest BCUT2D eigenvalue weighted by atomic mass is 32.2. The Morgan fingerprint density at radius 3 is 2.81 bits per heavy atom. The first-order chi connectivity index (χ1) is 13.0. The van der Waals surface area contributed by atoms with Gasteiger partial charge in [-0.25, -0.2) is 4.79 Å². The first kappa shape index (κ1) is 19.1. The zero-order valence-corrected chi connectivity index (χ0v) is 16.7. The van der Waals surface area contributed by atoms with Gasteiger partial charge >= 0.3 is 5.97 Å². The van der Waals surface area contributed by atoms with Crippen LogP contribution in [0.3, 0.4) is 0 Å². The number of esters is 1. The number of carbonyl (C=O) groups is 2. The summed E-state index contributed by atoms with van der Waals surface area (Å²) in [5, 5.41) is 13.8. The molecule has 7 nitrogen and oxygen atoms in total. The summed E-state index contributed by atoms with van der Waals surface area (Å²) in [7, 11) is 3.20. The fourth-order valence-electron chi connectivity index (χ4n) is 2.38. The lowest BCUT2D eigenvalue weighted by Gasteiger charge is -2.10. The molecule has 0 unspecified atom stereocenters. The highest BCUT2D eigenvalue weighted by Crippen LogP contribution is 2.26. The molecule has 1 amide bonds. The maximum Gasteiger partial charge on any atom is 0.337 e. The van der Waals surface area contributed by atoms with E-state index in [0.717, 1.165) is 16.3 Å². The number of carbonyl (C=O) groups excluding carboxylic acids is 2. The lowest BCUT2D eigenvalue weighted by molar-refractivity contribution is -0.113. The molecular formula is C18H18N4O3S2. The van der Waals surface area contributed by atoms with Crippen LogP contribution >= 0.6 is 23.1 Å². The summed E-state index contributed by atoms with van der Waals surface area (Å²) in [4.78, 5) is 25.0. The van der Waals surface area contributed by atoms with Crippen molar-refractivity contribution in [2.45, 2.75) is 12.1 Å². The molecular weight excluding hydrogens is 384 g/mol. The Labute approximate surface area is 164 Å². The quantitative estimate of drug-likeness (QED) is 0.503. The number of rotatable bonds is 6. The molecule has 140 valence electrons. The second-order valence-corrected chi connectivity index (χ2v) is 7.59. The van der Waals surface area contributed by atoms with Crippen molar-refractivity contribution in [3.63, 3.8) is 0 Å². The van der Waals surface area contributed by atoms with Gasteiger partial charge in [-0.1, -0.05) is 23.9 Å². The lowest BCUT2D eigenvalue weighted by Crippen LogP contribution is -2.16. The molecule has 1 aromatic carbocycles. The van der Waals surface area contributed by atoms with E-state index in [-0.39, 0.29) is 11.7 Å². The van der Waals surface area contributed by atoms with Crippen molar-refractivity contribution in [2.24, 2.45) is 7.05 Å². The molecule has 3 aromatic rings. The van der Waals surface area contributed by atoms with Crippen LogP contribution in [-0.2, 0) is 16.6 Å². The van der Waals surface area contributed by atoms with Crippen LogP contribution in [0.25, 0.3) is 10.7 Å². The number of nitrogens with one attached hydrogen (secondary N) is 1. The Balaban J connectivity index is 1.65. The fourth-order valence-corrected chi connectivity index (χ4v) is 3.83. The highest BCUT2D eigenvalue weighted by molar-refractivity contribution is 7.99. The number of nitrogens with zero attached hydrogens (tertiary/aromatic N) is 3.